The molecule has 0 aliphatic carbocycles. The molecule has 9 nitrogen and oxygen atoms in total. The first-order chi connectivity index (χ1) is 16.3. The van der Waals surface area contributed by atoms with Crippen LogP contribution in [0, 0.1) is 0 Å². The normalized spacial score (nSPS) is 14.6. The molecular weight excluding hydrogens is 455 g/mol. The molecule has 2 heterocycles. The van der Waals surface area contributed by atoms with Gasteiger partial charge in [-0.1, -0.05) is 12.1 Å². The van der Waals surface area contributed by atoms with Crippen molar-refractivity contribution in [3.63, 3.8) is 0 Å². The summed E-state index contributed by atoms with van der Waals surface area (Å²) >= 11 is 0. The second-order valence-corrected chi connectivity index (χ2v) is 7.53. The number of carbonyl (C=O) groups excluding carboxylic acids is 1. The second kappa shape index (κ2) is 11.7. The fourth-order valence-electron chi connectivity index (χ4n) is 3.47. The average molecular weight is 483 g/mol. The zero-order chi connectivity index (χ0) is 24.6. The summed E-state index contributed by atoms with van der Waals surface area (Å²) in [5.74, 6) is 0.803. The van der Waals surface area contributed by atoms with Crippen LogP contribution >= 0.6 is 0 Å². The van der Waals surface area contributed by atoms with Crippen LogP contribution in [0.4, 0.5) is 24.8 Å². The molecule has 0 spiro atoms. The van der Waals surface area contributed by atoms with Crippen molar-refractivity contribution < 1.29 is 32.2 Å². The summed E-state index contributed by atoms with van der Waals surface area (Å²) in [6, 6.07) is 7.80. The summed E-state index contributed by atoms with van der Waals surface area (Å²) in [6.45, 7) is 5.69. The Morgan fingerprint density at radius 1 is 1.12 bits per heavy atom. The van der Waals surface area contributed by atoms with Crippen molar-refractivity contribution in [1.29, 1.82) is 0 Å². The number of nitrogens with one attached hydrogen (secondary N) is 1. The third-order valence-electron chi connectivity index (χ3n) is 5.11. The van der Waals surface area contributed by atoms with Gasteiger partial charge in [-0.05, 0) is 31.0 Å². The third kappa shape index (κ3) is 7.94. The number of anilines is 2. The summed E-state index contributed by atoms with van der Waals surface area (Å²) in [5.41, 5.74) is 0.848. The highest BCUT2D eigenvalue weighted by Gasteiger charge is 2.31. The van der Waals surface area contributed by atoms with E-state index in [1.54, 1.807) is 19.1 Å². The van der Waals surface area contributed by atoms with Crippen molar-refractivity contribution in [3.8, 4) is 11.8 Å². The largest absolute Gasteiger partial charge is 0.573 e. The van der Waals surface area contributed by atoms with Crippen LogP contribution in [-0.2, 0) is 16.0 Å². The minimum absolute atomic E-state index is 0.225. The zero-order valence-corrected chi connectivity index (χ0v) is 19.1. The van der Waals surface area contributed by atoms with Crippen LogP contribution < -0.4 is 19.7 Å². The molecule has 1 aliphatic heterocycles. The molecule has 3 rings (SSSR count). The van der Waals surface area contributed by atoms with E-state index in [2.05, 4.69) is 24.9 Å². The van der Waals surface area contributed by atoms with Gasteiger partial charge in [-0.15, -0.1) is 13.2 Å². The molecule has 0 unspecified atom stereocenters. The van der Waals surface area contributed by atoms with Gasteiger partial charge < -0.3 is 24.4 Å². The first kappa shape index (κ1) is 25.3. The maximum atomic E-state index is 12.3. The quantitative estimate of drug-likeness (QED) is 0.513. The van der Waals surface area contributed by atoms with Crippen LogP contribution in [0.2, 0.25) is 0 Å². The van der Waals surface area contributed by atoms with Crippen molar-refractivity contribution in [1.82, 2.24) is 14.9 Å². The molecule has 1 N–H and O–H groups in total. The fourth-order valence-corrected chi connectivity index (χ4v) is 3.47. The lowest BCUT2D eigenvalue weighted by molar-refractivity contribution is -0.274. The van der Waals surface area contributed by atoms with Gasteiger partial charge in [0.15, 0.2) is 0 Å². The molecular formula is C22H28F3N5O4. The Balaban J connectivity index is 1.54. The number of nitrogens with zero attached hydrogens (tertiary/aromatic N) is 4. The van der Waals surface area contributed by atoms with E-state index >= 15 is 0 Å². The molecule has 0 bridgehead atoms. The minimum Gasteiger partial charge on any atom is -0.467 e. The van der Waals surface area contributed by atoms with E-state index in [0.29, 0.717) is 57.4 Å². The zero-order valence-electron chi connectivity index (χ0n) is 19.1. The summed E-state index contributed by atoms with van der Waals surface area (Å²) in [5, 5.41) is 3.21. The Hall–Kier alpha value is -3.28. The number of halogens is 3. The summed E-state index contributed by atoms with van der Waals surface area (Å²) in [4.78, 5) is 24.6. The smallest absolute Gasteiger partial charge is 0.467 e. The van der Waals surface area contributed by atoms with Crippen LogP contribution in [-0.4, -0.2) is 80.2 Å². The molecule has 0 atom stereocenters. The number of methoxy groups -OCH3 is 1. The lowest BCUT2D eigenvalue weighted by atomic mass is 10.1. The number of carbonyl (C=O) groups is 1. The van der Waals surface area contributed by atoms with E-state index < -0.39 is 6.36 Å². The average Bonchev–Trinajstić information content (AvgIpc) is 2.79. The first-order valence-electron chi connectivity index (χ1n) is 10.9. The molecule has 0 amide bonds. The number of hydrogen-bond acceptors (Lipinski definition) is 9. The number of ether oxygens (including phenoxy) is 3. The Labute approximate surface area is 195 Å². The van der Waals surface area contributed by atoms with Gasteiger partial charge in [-0.2, -0.15) is 9.97 Å². The standard InChI is InChI=1S/C22H28F3N5O4/c1-3-33-20(31)15-29-10-12-30(13-11-29)19-14-18(27-21(28-19)32-2)26-9-8-16-4-6-17(7-5-16)34-22(23,24)25/h4-7,14H,3,8-13,15H2,1-2H3,(H,26,27,28). The van der Waals surface area contributed by atoms with Gasteiger partial charge in [-0.3, -0.25) is 9.69 Å². The number of alkyl halides is 3. The fraction of sp³-hybridized carbons (Fsp3) is 0.500. The van der Waals surface area contributed by atoms with Crippen LogP contribution in [0.3, 0.4) is 0 Å². The Bertz CT molecular complexity index is 935. The monoisotopic (exact) mass is 483 g/mol. The molecule has 1 aromatic heterocycles. The van der Waals surface area contributed by atoms with E-state index in [0.717, 1.165) is 5.56 Å². The van der Waals surface area contributed by atoms with E-state index in [9.17, 15) is 18.0 Å². The van der Waals surface area contributed by atoms with Gasteiger partial charge in [0, 0.05) is 38.8 Å². The molecule has 1 saturated heterocycles. The molecule has 1 aliphatic rings. The Kier molecular flexibility index (Phi) is 8.74. The summed E-state index contributed by atoms with van der Waals surface area (Å²) in [6.07, 6.45) is -4.14. The molecule has 34 heavy (non-hydrogen) atoms. The van der Waals surface area contributed by atoms with Crippen LogP contribution in [0.15, 0.2) is 30.3 Å². The Morgan fingerprint density at radius 2 is 1.82 bits per heavy atom. The maximum absolute atomic E-state index is 12.3. The third-order valence-corrected chi connectivity index (χ3v) is 5.11. The van der Waals surface area contributed by atoms with Gasteiger partial charge in [0.1, 0.15) is 17.4 Å². The molecule has 2 aromatic rings. The molecule has 0 radical (unpaired) electrons. The van der Waals surface area contributed by atoms with Crippen molar-refractivity contribution in [2.75, 3.05) is 63.2 Å². The van der Waals surface area contributed by atoms with Crippen LogP contribution in [0.5, 0.6) is 11.8 Å². The number of benzene rings is 1. The maximum Gasteiger partial charge on any atom is 0.573 e. The van der Waals surface area contributed by atoms with Gasteiger partial charge in [0.2, 0.25) is 0 Å². The SMILES string of the molecule is CCOC(=O)CN1CCN(c2cc(NCCc3ccc(OC(F)(F)F)cc3)nc(OC)n2)CC1. The van der Waals surface area contributed by atoms with E-state index in [-0.39, 0.29) is 24.3 Å². The van der Waals surface area contributed by atoms with E-state index in [1.165, 1.54) is 19.2 Å². The molecule has 1 aromatic carbocycles. The van der Waals surface area contributed by atoms with Crippen LogP contribution in [0.25, 0.3) is 0 Å². The lowest BCUT2D eigenvalue weighted by Crippen LogP contribution is -2.48. The predicted octanol–water partition coefficient (Wildman–Crippen LogP) is 2.72. The highest BCUT2D eigenvalue weighted by Crippen LogP contribution is 2.23. The molecule has 186 valence electrons. The second-order valence-electron chi connectivity index (χ2n) is 7.53. The van der Waals surface area contributed by atoms with Crippen molar-refractivity contribution in [3.05, 3.63) is 35.9 Å². The van der Waals surface area contributed by atoms with Gasteiger partial charge in [-0.25, -0.2) is 0 Å². The molecule has 1 fully saturated rings. The van der Waals surface area contributed by atoms with E-state index in [1.807, 2.05) is 11.0 Å². The number of esters is 1. The number of hydrogen-bond donors (Lipinski definition) is 1. The Morgan fingerprint density at radius 3 is 2.44 bits per heavy atom. The predicted molar refractivity (Wildman–Crippen MR) is 119 cm³/mol. The number of rotatable bonds is 10. The highest BCUT2D eigenvalue weighted by molar-refractivity contribution is 5.71. The van der Waals surface area contributed by atoms with Gasteiger partial charge >= 0.3 is 18.3 Å². The summed E-state index contributed by atoms with van der Waals surface area (Å²) < 4.78 is 51.0. The topological polar surface area (TPSA) is 89.1 Å². The molecule has 12 heteroatoms. The van der Waals surface area contributed by atoms with Crippen LogP contribution in [0.1, 0.15) is 12.5 Å². The lowest BCUT2D eigenvalue weighted by Gasteiger charge is -2.34. The molecule has 0 saturated carbocycles. The first-order valence-corrected chi connectivity index (χ1v) is 10.9. The van der Waals surface area contributed by atoms with Gasteiger partial charge in [0.05, 0.1) is 20.3 Å². The van der Waals surface area contributed by atoms with Crippen molar-refractivity contribution in [2.45, 2.75) is 19.7 Å². The van der Waals surface area contributed by atoms with E-state index in [4.69, 9.17) is 9.47 Å². The number of aromatic nitrogens is 2. The van der Waals surface area contributed by atoms with Crippen molar-refractivity contribution >= 4 is 17.6 Å². The summed E-state index contributed by atoms with van der Waals surface area (Å²) in [7, 11) is 1.49. The minimum atomic E-state index is -4.71. The van der Waals surface area contributed by atoms with Gasteiger partial charge in [0.25, 0.3) is 0 Å². The number of piperazine rings is 1. The highest BCUT2D eigenvalue weighted by atomic mass is 19.4. The van der Waals surface area contributed by atoms with Crippen molar-refractivity contribution in [2.24, 2.45) is 0 Å².